The molecule has 1 aliphatic rings. The van der Waals surface area contributed by atoms with E-state index in [1.54, 1.807) is 34.7 Å². The number of pyridine rings is 1. The van der Waals surface area contributed by atoms with Gasteiger partial charge in [0.25, 0.3) is 18.9 Å². The number of benzene rings is 1. The number of nitrogens with one attached hydrogen (secondary N) is 2. The van der Waals surface area contributed by atoms with Crippen molar-refractivity contribution in [2.75, 3.05) is 17.2 Å². The molecule has 6 nitrogen and oxygen atoms in total. The monoisotopic (exact) mass is 512 g/mol. The van der Waals surface area contributed by atoms with Gasteiger partial charge in [0.1, 0.15) is 29.3 Å². The standard InChI is InChI=1S/C23H22F5N5OS/c24-21(25)18-12-32-19(6-3-7-20(32)31-18)30-14-8-10-15(11-9-14)33(35)22(34)16-4-1-2-5-17(16)29-13-23(26,27)28/h1-7,12,14-15,21H,8-11,13H2,(H-,29,30,31,34)/p+1/t14-,15+. The third-order valence-electron chi connectivity index (χ3n) is 5.95. The van der Waals surface area contributed by atoms with Gasteiger partial charge in [0, 0.05) is 25.1 Å². The van der Waals surface area contributed by atoms with Crippen molar-refractivity contribution in [1.29, 1.82) is 0 Å². The number of aromatic nitrogens is 2. The van der Waals surface area contributed by atoms with Gasteiger partial charge in [-0.1, -0.05) is 22.1 Å². The molecule has 0 saturated heterocycles. The van der Waals surface area contributed by atoms with Gasteiger partial charge in [-0.25, -0.2) is 18.6 Å². The first-order valence-electron chi connectivity index (χ1n) is 11.1. The van der Waals surface area contributed by atoms with E-state index < -0.39 is 25.1 Å². The molecule has 35 heavy (non-hydrogen) atoms. The number of amides is 1. The lowest BCUT2D eigenvalue weighted by molar-refractivity contribution is -0.448. The second-order valence-corrected chi connectivity index (χ2v) is 8.79. The molecule has 0 unspecified atom stereocenters. The molecule has 0 aliphatic heterocycles. The molecule has 2 N–H and O–H groups in total. The van der Waals surface area contributed by atoms with Gasteiger partial charge in [-0.05, 0) is 37.1 Å². The summed E-state index contributed by atoms with van der Waals surface area (Å²) in [6.07, 6.45) is -3.25. The van der Waals surface area contributed by atoms with Crippen LogP contribution in [-0.2, 0) is 12.4 Å². The van der Waals surface area contributed by atoms with Crippen LogP contribution in [0, 0.1) is 0 Å². The third-order valence-corrected chi connectivity index (χ3v) is 6.42. The highest BCUT2D eigenvalue weighted by atomic mass is 32.1. The summed E-state index contributed by atoms with van der Waals surface area (Å²) in [6.45, 7) is -1.26. The summed E-state index contributed by atoms with van der Waals surface area (Å²) in [5, 5.41) is 5.63. The van der Waals surface area contributed by atoms with Crippen LogP contribution in [-0.4, -0.2) is 44.0 Å². The van der Waals surface area contributed by atoms with Crippen LogP contribution in [0.25, 0.3) is 5.65 Å². The minimum Gasteiger partial charge on any atom is -0.376 e. The number of anilines is 2. The van der Waals surface area contributed by atoms with Crippen molar-refractivity contribution in [2.24, 2.45) is 0 Å². The SMILES string of the molecule is O=C(c1ccccc1NCC(F)(F)F)[N+](=S)[C@H]1CC[C@@H](Nc2cccc3nc(C(F)F)cn23)CC1. The number of carbonyl (C=O) groups excluding carboxylic acids is 1. The second kappa shape index (κ2) is 10.2. The summed E-state index contributed by atoms with van der Waals surface area (Å²) in [7, 11) is 0. The van der Waals surface area contributed by atoms with Crippen molar-refractivity contribution in [3.63, 3.8) is 0 Å². The van der Waals surface area contributed by atoms with Gasteiger partial charge < -0.3 is 10.6 Å². The van der Waals surface area contributed by atoms with Crippen molar-refractivity contribution in [3.8, 4) is 0 Å². The molecule has 1 aromatic carbocycles. The fourth-order valence-corrected chi connectivity index (χ4v) is 4.53. The number of alkyl halides is 5. The van der Waals surface area contributed by atoms with Gasteiger partial charge in [0.2, 0.25) is 0 Å². The Labute approximate surface area is 203 Å². The van der Waals surface area contributed by atoms with Crippen molar-refractivity contribution in [3.05, 3.63) is 59.9 Å². The van der Waals surface area contributed by atoms with Gasteiger partial charge in [-0.15, -0.1) is 0 Å². The zero-order chi connectivity index (χ0) is 25.2. The normalized spacial score (nSPS) is 18.6. The number of para-hydroxylation sites is 1. The van der Waals surface area contributed by atoms with Crippen molar-refractivity contribution in [2.45, 2.75) is 50.4 Å². The van der Waals surface area contributed by atoms with Gasteiger partial charge in [-0.3, -0.25) is 4.40 Å². The van der Waals surface area contributed by atoms with E-state index in [0.717, 1.165) is 0 Å². The summed E-state index contributed by atoms with van der Waals surface area (Å²) in [5.41, 5.74) is 0.289. The van der Waals surface area contributed by atoms with Gasteiger partial charge >= 0.3 is 12.1 Å². The maximum atomic E-state index is 13.0. The van der Waals surface area contributed by atoms with E-state index in [4.69, 9.17) is 12.4 Å². The first-order chi connectivity index (χ1) is 16.6. The van der Waals surface area contributed by atoms with E-state index >= 15 is 0 Å². The Morgan fingerprint density at radius 2 is 1.83 bits per heavy atom. The fraction of sp³-hybridized carbons (Fsp3) is 0.391. The van der Waals surface area contributed by atoms with E-state index in [2.05, 4.69) is 15.6 Å². The Bertz CT molecular complexity index is 1220. The first kappa shape index (κ1) is 25.0. The molecule has 1 saturated carbocycles. The van der Waals surface area contributed by atoms with E-state index in [1.165, 1.54) is 22.3 Å². The molecular formula is C23H23F5N5OS+. The third kappa shape index (κ3) is 5.92. The van der Waals surface area contributed by atoms with E-state index in [1.807, 2.05) is 0 Å². The maximum absolute atomic E-state index is 13.0. The molecule has 1 fully saturated rings. The Morgan fingerprint density at radius 3 is 2.51 bits per heavy atom. The van der Waals surface area contributed by atoms with Crippen molar-refractivity contribution >= 4 is 35.5 Å². The Kier molecular flexibility index (Phi) is 7.29. The number of nitrogens with zero attached hydrogens (tertiary/aromatic N) is 3. The quantitative estimate of drug-likeness (QED) is 0.321. The summed E-state index contributed by atoms with van der Waals surface area (Å²) in [5.74, 6) is 0.116. The van der Waals surface area contributed by atoms with Crippen LogP contribution >= 0.6 is 0 Å². The highest BCUT2D eigenvalue weighted by Gasteiger charge is 2.36. The van der Waals surface area contributed by atoms with Crippen molar-refractivity contribution < 1.29 is 30.7 Å². The molecule has 186 valence electrons. The number of halogens is 5. The Morgan fingerprint density at radius 1 is 1.11 bits per heavy atom. The fourth-order valence-electron chi connectivity index (χ4n) is 4.22. The highest BCUT2D eigenvalue weighted by Crippen LogP contribution is 2.28. The maximum Gasteiger partial charge on any atom is 0.435 e. The zero-order valence-electron chi connectivity index (χ0n) is 18.4. The molecule has 2 aromatic heterocycles. The minimum atomic E-state index is -4.42. The summed E-state index contributed by atoms with van der Waals surface area (Å²) >= 11 is 5.37. The number of imidazole rings is 1. The summed E-state index contributed by atoms with van der Waals surface area (Å²) < 4.78 is 66.7. The predicted octanol–water partition coefficient (Wildman–Crippen LogP) is 5.55. The molecule has 12 heteroatoms. The topological polar surface area (TPSA) is 61.4 Å². The Balaban J connectivity index is 1.38. The van der Waals surface area contributed by atoms with Crippen LogP contribution in [0.1, 0.15) is 48.2 Å². The molecule has 4 rings (SSSR count). The smallest absolute Gasteiger partial charge is 0.376 e. The number of hydrogen-bond donors (Lipinski definition) is 2. The number of carbonyl (C=O) groups is 1. The lowest BCUT2D eigenvalue weighted by Gasteiger charge is -2.27. The van der Waals surface area contributed by atoms with Crippen LogP contribution in [0.15, 0.2) is 48.7 Å². The van der Waals surface area contributed by atoms with Crippen LogP contribution in [0.3, 0.4) is 0 Å². The highest BCUT2D eigenvalue weighted by molar-refractivity contribution is 7.44. The molecule has 0 bridgehead atoms. The number of fused-ring (bicyclic) bond motifs is 1. The number of hydrogen-bond acceptors (Lipinski definition) is 5. The molecule has 1 aliphatic carbocycles. The second-order valence-electron chi connectivity index (χ2n) is 8.40. The summed E-state index contributed by atoms with van der Waals surface area (Å²) in [6, 6.07) is 10.9. The molecular weight excluding hydrogens is 489 g/mol. The first-order valence-corrected chi connectivity index (χ1v) is 11.4. The zero-order valence-corrected chi connectivity index (χ0v) is 19.3. The predicted molar refractivity (Wildman–Crippen MR) is 123 cm³/mol. The van der Waals surface area contributed by atoms with Gasteiger partial charge in [-0.2, -0.15) is 13.2 Å². The van der Waals surface area contributed by atoms with Crippen LogP contribution in [0.5, 0.6) is 0 Å². The molecule has 2 heterocycles. The van der Waals surface area contributed by atoms with Gasteiger partial charge in [0.05, 0.1) is 5.69 Å². The molecule has 1 amide bonds. The van der Waals surface area contributed by atoms with E-state index in [-0.39, 0.29) is 29.0 Å². The van der Waals surface area contributed by atoms with Crippen LogP contribution < -0.4 is 10.6 Å². The van der Waals surface area contributed by atoms with Crippen molar-refractivity contribution in [1.82, 2.24) is 9.38 Å². The van der Waals surface area contributed by atoms with E-state index in [0.29, 0.717) is 37.1 Å². The minimum absolute atomic E-state index is 0.0356. The Hall–Kier alpha value is -3.15. The molecule has 3 aromatic rings. The van der Waals surface area contributed by atoms with Crippen LogP contribution in [0.4, 0.5) is 33.5 Å². The molecule has 0 spiro atoms. The number of rotatable bonds is 7. The molecule has 0 radical (unpaired) electrons. The van der Waals surface area contributed by atoms with Gasteiger partial charge in [0.15, 0.2) is 6.04 Å². The van der Waals surface area contributed by atoms with E-state index in [9.17, 15) is 26.7 Å². The van der Waals surface area contributed by atoms with Crippen LogP contribution in [0.2, 0.25) is 0 Å². The molecule has 0 atom stereocenters. The lowest BCUT2D eigenvalue weighted by atomic mass is 9.91. The lowest BCUT2D eigenvalue weighted by Crippen LogP contribution is -2.37. The largest absolute Gasteiger partial charge is 0.435 e. The average Bonchev–Trinajstić information content (AvgIpc) is 3.28. The summed E-state index contributed by atoms with van der Waals surface area (Å²) in [4.78, 5) is 16.9. The average molecular weight is 513 g/mol.